The Morgan fingerprint density at radius 1 is 0.533 bits per heavy atom. The van der Waals surface area contributed by atoms with E-state index in [4.69, 9.17) is 0 Å². The molecule has 0 bridgehead atoms. The molecule has 146 valence electrons. The first-order chi connectivity index (χ1) is 14.8. The zero-order valence-electron chi connectivity index (χ0n) is 15.8. The van der Waals surface area contributed by atoms with Crippen LogP contribution in [0.4, 0.5) is 10.0 Å². The molecule has 0 aliphatic carbocycles. The summed E-state index contributed by atoms with van der Waals surface area (Å²) in [7, 11) is 0. The van der Waals surface area contributed by atoms with Crippen LogP contribution in [0.15, 0.2) is 88.8 Å². The van der Waals surface area contributed by atoms with Gasteiger partial charge in [-0.15, -0.1) is 45.3 Å². The summed E-state index contributed by atoms with van der Waals surface area (Å²) < 4.78 is 0. The van der Waals surface area contributed by atoms with Crippen LogP contribution in [-0.4, -0.2) is 12.9 Å². The summed E-state index contributed by atoms with van der Waals surface area (Å²) in [5, 5.41) is 1.98. The minimum Gasteiger partial charge on any atom is -0.254 e. The maximum atomic E-state index is 4.62. The van der Waals surface area contributed by atoms with Gasteiger partial charge in [0.1, 0.15) is 10.0 Å². The van der Waals surface area contributed by atoms with E-state index in [-0.39, 0.29) is 0 Å². The summed E-state index contributed by atoms with van der Waals surface area (Å²) >= 11 is 7.05. The molecule has 0 amide bonds. The summed E-state index contributed by atoms with van der Waals surface area (Å²) in [6, 6.07) is 27.4. The van der Waals surface area contributed by atoms with Crippen molar-refractivity contribution in [3.8, 4) is 29.3 Å². The van der Waals surface area contributed by atoms with E-state index in [1.807, 2.05) is 53.2 Å². The maximum absolute atomic E-state index is 4.62. The smallest absolute Gasteiger partial charge is 0.116 e. The SMILES string of the molecule is C=Nc1ccc(-c2ccc(-c3ccc(-c4ccc(/N=C/c5ccccc5)s4)s3)s2)s1. The number of benzene rings is 1. The first-order valence-corrected chi connectivity index (χ1v) is 12.5. The lowest BCUT2D eigenvalue weighted by Gasteiger charge is -1.92. The summed E-state index contributed by atoms with van der Waals surface area (Å²) in [5.41, 5.74) is 1.11. The van der Waals surface area contributed by atoms with Crippen LogP contribution in [0.5, 0.6) is 0 Å². The van der Waals surface area contributed by atoms with Crippen molar-refractivity contribution in [1.29, 1.82) is 0 Å². The van der Waals surface area contributed by atoms with E-state index in [1.165, 1.54) is 29.3 Å². The summed E-state index contributed by atoms with van der Waals surface area (Å²) in [6.45, 7) is 3.61. The fourth-order valence-corrected chi connectivity index (χ4v) is 6.90. The molecule has 0 N–H and O–H groups in total. The van der Waals surface area contributed by atoms with Gasteiger partial charge in [0, 0.05) is 35.5 Å². The molecule has 0 spiro atoms. The fourth-order valence-electron chi connectivity index (χ4n) is 2.96. The normalized spacial score (nSPS) is 11.3. The molecule has 5 aromatic rings. The number of hydrogen-bond donors (Lipinski definition) is 0. The number of nitrogens with zero attached hydrogens (tertiary/aromatic N) is 2. The maximum Gasteiger partial charge on any atom is 0.116 e. The lowest BCUT2D eigenvalue weighted by molar-refractivity contribution is 1.61. The van der Waals surface area contributed by atoms with Crippen LogP contribution in [0, 0.1) is 0 Å². The van der Waals surface area contributed by atoms with E-state index >= 15 is 0 Å². The molecule has 30 heavy (non-hydrogen) atoms. The minimum absolute atomic E-state index is 0.960. The van der Waals surface area contributed by atoms with E-state index in [2.05, 4.69) is 71.3 Å². The molecule has 5 rings (SSSR count). The van der Waals surface area contributed by atoms with Gasteiger partial charge in [0.05, 0.1) is 0 Å². The van der Waals surface area contributed by atoms with Crippen molar-refractivity contribution in [2.45, 2.75) is 0 Å². The minimum atomic E-state index is 0.960. The molecule has 2 nitrogen and oxygen atoms in total. The van der Waals surface area contributed by atoms with Gasteiger partial charge in [-0.3, -0.25) is 4.99 Å². The third kappa shape index (κ3) is 4.13. The van der Waals surface area contributed by atoms with Crippen LogP contribution in [0.2, 0.25) is 0 Å². The van der Waals surface area contributed by atoms with E-state index < -0.39 is 0 Å². The van der Waals surface area contributed by atoms with Gasteiger partial charge in [0.2, 0.25) is 0 Å². The van der Waals surface area contributed by atoms with Crippen molar-refractivity contribution >= 4 is 68.3 Å². The topological polar surface area (TPSA) is 24.7 Å². The molecule has 0 fully saturated rings. The Bertz CT molecular complexity index is 1320. The summed E-state index contributed by atoms with van der Waals surface area (Å²) in [4.78, 5) is 16.3. The van der Waals surface area contributed by atoms with Crippen molar-refractivity contribution in [3.63, 3.8) is 0 Å². The molecular weight excluding hydrogens is 445 g/mol. The Kier molecular flexibility index (Phi) is 5.55. The lowest BCUT2D eigenvalue weighted by atomic mass is 10.2. The zero-order chi connectivity index (χ0) is 20.3. The van der Waals surface area contributed by atoms with Crippen molar-refractivity contribution in [3.05, 3.63) is 84.4 Å². The highest BCUT2D eigenvalue weighted by Crippen LogP contribution is 2.44. The monoisotopic (exact) mass is 460 g/mol. The van der Waals surface area contributed by atoms with E-state index in [9.17, 15) is 0 Å². The van der Waals surface area contributed by atoms with E-state index in [0.29, 0.717) is 0 Å². The molecule has 0 radical (unpaired) electrons. The molecule has 6 heteroatoms. The molecule has 0 aliphatic heterocycles. The Morgan fingerprint density at radius 2 is 1.00 bits per heavy atom. The number of aliphatic imine (C=N–C) groups is 2. The number of thiophene rings is 4. The standard InChI is InChI=1S/C24H16N2S4/c1-25-23-13-11-21(29-23)19-9-7-17(27-19)18-8-10-20(28-18)22-12-14-24(30-22)26-15-16-5-3-2-4-6-16/h2-15H,1H2/b26-15+. The van der Waals surface area contributed by atoms with Crippen LogP contribution in [0.25, 0.3) is 29.3 Å². The second-order valence-corrected chi connectivity index (χ2v) is 10.7. The third-order valence-electron chi connectivity index (χ3n) is 4.42. The van der Waals surface area contributed by atoms with Gasteiger partial charge < -0.3 is 0 Å². The highest BCUT2D eigenvalue weighted by Gasteiger charge is 2.11. The molecule has 1 aromatic carbocycles. The van der Waals surface area contributed by atoms with Crippen molar-refractivity contribution in [1.82, 2.24) is 0 Å². The van der Waals surface area contributed by atoms with Gasteiger partial charge >= 0.3 is 0 Å². The second-order valence-electron chi connectivity index (χ2n) is 6.43. The quantitative estimate of drug-likeness (QED) is 0.226. The highest BCUT2D eigenvalue weighted by molar-refractivity contribution is 7.29. The summed E-state index contributed by atoms with van der Waals surface area (Å²) in [5.74, 6) is 0. The Morgan fingerprint density at radius 3 is 1.53 bits per heavy atom. The van der Waals surface area contributed by atoms with Crippen molar-refractivity contribution in [2.75, 3.05) is 0 Å². The van der Waals surface area contributed by atoms with Crippen LogP contribution in [0.3, 0.4) is 0 Å². The van der Waals surface area contributed by atoms with Gasteiger partial charge in [-0.05, 0) is 60.8 Å². The third-order valence-corrected chi connectivity index (χ3v) is 9.19. The average molecular weight is 461 g/mol. The van der Waals surface area contributed by atoms with Crippen LogP contribution in [-0.2, 0) is 0 Å². The second kappa shape index (κ2) is 8.62. The Balaban J connectivity index is 1.34. The van der Waals surface area contributed by atoms with Gasteiger partial charge in [-0.2, -0.15) is 0 Å². The molecule has 0 saturated heterocycles. The number of rotatable bonds is 6. The molecule has 0 atom stereocenters. The van der Waals surface area contributed by atoms with Crippen LogP contribution >= 0.6 is 45.3 Å². The summed E-state index contributed by atoms with van der Waals surface area (Å²) in [6.07, 6.45) is 1.92. The zero-order valence-corrected chi connectivity index (χ0v) is 19.1. The van der Waals surface area contributed by atoms with Gasteiger partial charge in [0.25, 0.3) is 0 Å². The first kappa shape index (κ1) is 19.3. The predicted octanol–water partition coefficient (Wildman–Crippen LogP) is 9.02. The van der Waals surface area contributed by atoms with Crippen LogP contribution in [0.1, 0.15) is 5.56 Å². The van der Waals surface area contributed by atoms with Gasteiger partial charge in [-0.1, -0.05) is 30.3 Å². The first-order valence-electron chi connectivity index (χ1n) is 9.25. The Labute approximate surface area is 191 Å². The molecule has 0 aliphatic rings. The predicted molar refractivity (Wildman–Crippen MR) is 137 cm³/mol. The Hall–Kier alpha value is -2.64. The molecule has 0 unspecified atom stereocenters. The van der Waals surface area contributed by atoms with Gasteiger partial charge in [-0.25, -0.2) is 4.99 Å². The van der Waals surface area contributed by atoms with E-state index in [1.54, 1.807) is 22.7 Å². The molecule has 0 saturated carbocycles. The van der Waals surface area contributed by atoms with Crippen LogP contribution < -0.4 is 0 Å². The largest absolute Gasteiger partial charge is 0.254 e. The van der Waals surface area contributed by atoms with Crippen molar-refractivity contribution < 1.29 is 0 Å². The highest BCUT2D eigenvalue weighted by atomic mass is 32.1. The molecule has 4 heterocycles. The average Bonchev–Trinajstić information content (AvgIpc) is 3.57. The fraction of sp³-hybridized carbons (Fsp3) is 0. The molecular formula is C24H16N2S4. The molecule has 4 aromatic heterocycles. The van der Waals surface area contributed by atoms with Crippen molar-refractivity contribution in [2.24, 2.45) is 9.98 Å². The lowest BCUT2D eigenvalue weighted by Crippen LogP contribution is -1.76. The number of hydrogen-bond acceptors (Lipinski definition) is 6. The van der Waals surface area contributed by atoms with Gasteiger partial charge in [0.15, 0.2) is 0 Å². The van der Waals surface area contributed by atoms with E-state index in [0.717, 1.165) is 15.6 Å².